The van der Waals surface area contributed by atoms with Crippen molar-refractivity contribution in [1.82, 2.24) is 10.2 Å². The molecule has 1 aromatic rings. The first-order valence-electron chi connectivity index (χ1n) is 5.97. The molecular weight excluding hydrogens is 236 g/mol. The van der Waals surface area contributed by atoms with Crippen molar-refractivity contribution in [3.05, 3.63) is 33.8 Å². The van der Waals surface area contributed by atoms with E-state index in [0.717, 1.165) is 42.7 Å². The number of aryl methyl sites for hydroxylation is 1. The molecule has 17 heavy (non-hydrogen) atoms. The molecule has 0 unspecified atom stereocenters. The Labute approximate surface area is 106 Å². The van der Waals surface area contributed by atoms with Gasteiger partial charge < -0.3 is 10.2 Å². The summed E-state index contributed by atoms with van der Waals surface area (Å²) in [6.07, 6.45) is 0.937. The van der Waals surface area contributed by atoms with Gasteiger partial charge in [-0.05, 0) is 30.5 Å². The Hall–Kier alpha value is -1.06. The average Bonchev–Trinajstić information content (AvgIpc) is 2.32. The fourth-order valence-electron chi connectivity index (χ4n) is 2.73. The topological polar surface area (TPSA) is 32.3 Å². The van der Waals surface area contributed by atoms with E-state index in [0.29, 0.717) is 11.1 Å². The lowest BCUT2D eigenvalue weighted by atomic mass is 9.91. The molecule has 3 rings (SSSR count). The minimum absolute atomic E-state index is 0.139. The lowest BCUT2D eigenvalue weighted by molar-refractivity contribution is 0.0606. The number of rotatable bonds is 0. The van der Waals surface area contributed by atoms with Gasteiger partial charge in [-0.15, -0.1) is 0 Å². The van der Waals surface area contributed by atoms with Crippen LogP contribution in [0.2, 0.25) is 5.02 Å². The third kappa shape index (κ3) is 1.74. The average molecular weight is 251 g/mol. The van der Waals surface area contributed by atoms with Crippen molar-refractivity contribution < 1.29 is 4.79 Å². The Kier molecular flexibility index (Phi) is 2.60. The van der Waals surface area contributed by atoms with Crippen molar-refractivity contribution in [1.29, 1.82) is 0 Å². The molecule has 0 radical (unpaired) electrons. The van der Waals surface area contributed by atoms with Crippen LogP contribution in [0.15, 0.2) is 12.1 Å². The summed E-state index contributed by atoms with van der Waals surface area (Å²) in [5.41, 5.74) is 2.98. The van der Waals surface area contributed by atoms with Crippen molar-refractivity contribution in [2.75, 3.05) is 19.6 Å². The highest BCUT2D eigenvalue weighted by Crippen LogP contribution is 2.28. The van der Waals surface area contributed by atoms with Crippen LogP contribution in [0.5, 0.6) is 0 Å². The van der Waals surface area contributed by atoms with Crippen LogP contribution in [0.25, 0.3) is 0 Å². The van der Waals surface area contributed by atoms with E-state index in [1.165, 1.54) is 0 Å². The van der Waals surface area contributed by atoms with Crippen molar-refractivity contribution >= 4 is 17.5 Å². The maximum absolute atomic E-state index is 12.4. The summed E-state index contributed by atoms with van der Waals surface area (Å²) in [6, 6.07) is 4.19. The zero-order chi connectivity index (χ0) is 12.0. The number of benzene rings is 1. The first-order chi connectivity index (χ1) is 8.16. The zero-order valence-electron chi connectivity index (χ0n) is 9.79. The molecule has 2 aliphatic heterocycles. The van der Waals surface area contributed by atoms with Gasteiger partial charge in [0.15, 0.2) is 0 Å². The highest BCUT2D eigenvalue weighted by Gasteiger charge is 2.33. The Morgan fingerprint density at radius 2 is 2.29 bits per heavy atom. The predicted octanol–water partition coefficient (Wildman–Crippen LogP) is 1.62. The molecule has 2 aliphatic rings. The van der Waals surface area contributed by atoms with Gasteiger partial charge in [0.2, 0.25) is 0 Å². The quantitative estimate of drug-likeness (QED) is 0.759. The van der Waals surface area contributed by atoms with Gasteiger partial charge in [-0.1, -0.05) is 17.7 Å². The summed E-state index contributed by atoms with van der Waals surface area (Å²) in [4.78, 5) is 14.3. The SMILES string of the molecule is Cc1cc2c(cc1Cl)C(=O)N1CCNC[C@H]1C2. The lowest BCUT2D eigenvalue weighted by Crippen LogP contribution is -2.56. The minimum Gasteiger partial charge on any atom is -0.333 e. The zero-order valence-corrected chi connectivity index (χ0v) is 10.5. The molecule has 1 fully saturated rings. The van der Waals surface area contributed by atoms with Crippen LogP contribution < -0.4 is 5.32 Å². The summed E-state index contributed by atoms with van der Waals surface area (Å²) in [5.74, 6) is 0.139. The van der Waals surface area contributed by atoms with Crippen LogP contribution in [0, 0.1) is 6.92 Å². The van der Waals surface area contributed by atoms with Gasteiger partial charge in [0.25, 0.3) is 5.91 Å². The van der Waals surface area contributed by atoms with Crippen LogP contribution in [0.4, 0.5) is 0 Å². The number of nitrogens with one attached hydrogen (secondary N) is 1. The molecule has 0 bridgehead atoms. The standard InChI is InChI=1S/C13H15ClN2O/c1-8-4-9-5-10-7-15-2-3-16(10)13(17)11(9)6-12(8)14/h4,6,10,15H,2-3,5,7H2,1H3/t10-/m1/s1. The van der Waals surface area contributed by atoms with Crippen LogP contribution in [-0.4, -0.2) is 36.5 Å². The molecule has 1 N–H and O–H groups in total. The number of piperazine rings is 1. The van der Waals surface area contributed by atoms with E-state index >= 15 is 0 Å². The fraction of sp³-hybridized carbons (Fsp3) is 0.462. The van der Waals surface area contributed by atoms with E-state index in [9.17, 15) is 4.79 Å². The first kappa shape index (κ1) is 11.1. The van der Waals surface area contributed by atoms with E-state index in [-0.39, 0.29) is 5.91 Å². The van der Waals surface area contributed by atoms with Gasteiger partial charge in [-0.25, -0.2) is 0 Å². The molecule has 1 aromatic carbocycles. The number of carbonyl (C=O) groups is 1. The third-order valence-corrected chi connectivity index (χ3v) is 4.09. The van der Waals surface area contributed by atoms with Gasteiger partial charge in [0, 0.05) is 36.3 Å². The Balaban J connectivity index is 2.06. The van der Waals surface area contributed by atoms with Gasteiger partial charge >= 0.3 is 0 Å². The second-order valence-electron chi connectivity index (χ2n) is 4.82. The molecule has 1 atom stereocenters. The lowest BCUT2D eigenvalue weighted by Gasteiger charge is -2.40. The van der Waals surface area contributed by atoms with Gasteiger partial charge in [0.1, 0.15) is 0 Å². The Morgan fingerprint density at radius 1 is 1.47 bits per heavy atom. The number of carbonyl (C=O) groups excluding carboxylic acids is 1. The van der Waals surface area contributed by atoms with E-state index < -0.39 is 0 Å². The Morgan fingerprint density at radius 3 is 3.12 bits per heavy atom. The van der Waals surface area contributed by atoms with Crippen molar-refractivity contribution in [3.8, 4) is 0 Å². The number of halogens is 1. The maximum Gasteiger partial charge on any atom is 0.254 e. The van der Waals surface area contributed by atoms with Crippen molar-refractivity contribution in [2.24, 2.45) is 0 Å². The number of nitrogens with zero attached hydrogens (tertiary/aromatic N) is 1. The molecule has 3 nitrogen and oxygen atoms in total. The summed E-state index contributed by atoms with van der Waals surface area (Å²) >= 11 is 6.10. The summed E-state index contributed by atoms with van der Waals surface area (Å²) in [6.45, 7) is 4.57. The predicted molar refractivity (Wildman–Crippen MR) is 67.6 cm³/mol. The summed E-state index contributed by atoms with van der Waals surface area (Å²) < 4.78 is 0. The van der Waals surface area contributed by atoms with Gasteiger partial charge in [-0.2, -0.15) is 0 Å². The smallest absolute Gasteiger partial charge is 0.254 e. The molecule has 90 valence electrons. The number of amides is 1. The van der Waals surface area contributed by atoms with E-state index in [1.807, 2.05) is 17.9 Å². The normalized spacial score (nSPS) is 23.3. The molecule has 0 spiro atoms. The van der Waals surface area contributed by atoms with Crippen LogP contribution >= 0.6 is 11.6 Å². The molecular formula is C13H15ClN2O. The van der Waals surface area contributed by atoms with Gasteiger partial charge in [0.05, 0.1) is 0 Å². The Bertz CT molecular complexity index is 487. The molecule has 0 aromatic heterocycles. The van der Waals surface area contributed by atoms with Gasteiger partial charge in [-0.3, -0.25) is 4.79 Å². The molecule has 1 amide bonds. The molecule has 0 aliphatic carbocycles. The second-order valence-corrected chi connectivity index (χ2v) is 5.23. The van der Waals surface area contributed by atoms with E-state index in [2.05, 4.69) is 11.4 Å². The number of hydrogen-bond donors (Lipinski definition) is 1. The largest absolute Gasteiger partial charge is 0.333 e. The highest BCUT2D eigenvalue weighted by molar-refractivity contribution is 6.31. The molecule has 4 heteroatoms. The second kappa shape index (κ2) is 4.00. The number of fused-ring (bicyclic) bond motifs is 2. The third-order valence-electron chi connectivity index (χ3n) is 3.68. The number of hydrogen-bond acceptors (Lipinski definition) is 2. The van der Waals surface area contributed by atoms with Crippen LogP contribution in [-0.2, 0) is 6.42 Å². The van der Waals surface area contributed by atoms with Crippen molar-refractivity contribution in [2.45, 2.75) is 19.4 Å². The van der Waals surface area contributed by atoms with Crippen LogP contribution in [0.1, 0.15) is 21.5 Å². The van der Waals surface area contributed by atoms with E-state index in [1.54, 1.807) is 0 Å². The minimum atomic E-state index is 0.139. The molecule has 1 saturated heterocycles. The summed E-state index contributed by atoms with van der Waals surface area (Å²) in [5, 5.41) is 4.03. The fourth-order valence-corrected chi connectivity index (χ4v) is 2.89. The maximum atomic E-state index is 12.4. The molecule has 0 saturated carbocycles. The monoisotopic (exact) mass is 250 g/mol. The summed E-state index contributed by atoms with van der Waals surface area (Å²) in [7, 11) is 0. The first-order valence-corrected chi connectivity index (χ1v) is 6.35. The van der Waals surface area contributed by atoms with E-state index in [4.69, 9.17) is 11.6 Å². The van der Waals surface area contributed by atoms with Crippen LogP contribution in [0.3, 0.4) is 0 Å². The molecule has 2 heterocycles. The highest BCUT2D eigenvalue weighted by atomic mass is 35.5. The van der Waals surface area contributed by atoms with Crippen molar-refractivity contribution in [3.63, 3.8) is 0 Å².